The Kier molecular flexibility index (Phi) is 7.60. The zero-order valence-electron chi connectivity index (χ0n) is 33.5. The maximum absolute atomic E-state index is 6.95. The Labute approximate surface area is 356 Å². The van der Waals surface area contributed by atoms with Gasteiger partial charge in [0.2, 0.25) is 0 Å². The first-order chi connectivity index (χ1) is 30.7. The number of rotatable bonds is 5. The molecule has 62 heavy (non-hydrogen) atoms. The van der Waals surface area contributed by atoms with Gasteiger partial charge < -0.3 is 14.3 Å². The monoisotopic (exact) mass is 792 g/mol. The van der Waals surface area contributed by atoms with Gasteiger partial charge in [-0.3, -0.25) is 0 Å². The van der Waals surface area contributed by atoms with Crippen molar-refractivity contribution in [2.75, 3.05) is 0 Å². The molecule has 0 aliphatic carbocycles. The molecule has 1 aliphatic rings. The third kappa shape index (κ3) is 5.42. The van der Waals surface area contributed by atoms with E-state index in [1.165, 1.54) is 48.7 Å². The van der Waals surface area contributed by atoms with E-state index in [0.29, 0.717) is 5.84 Å². The minimum atomic E-state index is -0.402. The summed E-state index contributed by atoms with van der Waals surface area (Å²) in [6.07, 6.45) is -0.402. The summed E-state index contributed by atoms with van der Waals surface area (Å²) in [4.78, 5) is 10.7. The molecule has 0 amide bonds. The molecule has 290 valence electrons. The van der Waals surface area contributed by atoms with Gasteiger partial charge in [-0.05, 0) is 91.5 Å². The summed E-state index contributed by atoms with van der Waals surface area (Å²) in [5, 5.41) is 15.5. The molecule has 5 heteroatoms. The Bertz CT molecular complexity index is 3840. The predicted octanol–water partition coefficient (Wildman–Crippen LogP) is 14.3. The van der Waals surface area contributed by atoms with Gasteiger partial charge in [0, 0.05) is 32.7 Å². The van der Waals surface area contributed by atoms with E-state index in [1.54, 1.807) is 0 Å². The molecule has 0 spiro atoms. The molecule has 0 saturated carbocycles. The van der Waals surface area contributed by atoms with Crippen LogP contribution in [0.15, 0.2) is 221 Å². The van der Waals surface area contributed by atoms with Gasteiger partial charge >= 0.3 is 0 Å². The molecule has 5 nitrogen and oxygen atoms in total. The molecule has 1 atom stereocenters. The molecule has 0 saturated heterocycles. The van der Waals surface area contributed by atoms with Crippen LogP contribution in [0.5, 0.6) is 0 Å². The normalized spacial score (nSPS) is 14.3. The average molecular weight is 793 g/mol. The van der Waals surface area contributed by atoms with Crippen molar-refractivity contribution in [3.05, 3.63) is 223 Å². The number of para-hydroxylation sites is 2. The van der Waals surface area contributed by atoms with Gasteiger partial charge in [0.25, 0.3) is 0 Å². The molecule has 2 aromatic heterocycles. The first-order valence-electron chi connectivity index (χ1n) is 21.1. The largest absolute Gasteiger partial charge is 0.454 e. The van der Waals surface area contributed by atoms with E-state index in [9.17, 15) is 0 Å². The van der Waals surface area contributed by atoms with E-state index in [2.05, 4.69) is 204 Å². The summed E-state index contributed by atoms with van der Waals surface area (Å²) < 4.78 is 9.32. The van der Waals surface area contributed by atoms with Crippen LogP contribution in [0.2, 0.25) is 0 Å². The van der Waals surface area contributed by atoms with Gasteiger partial charge in [0.1, 0.15) is 17.6 Å². The van der Waals surface area contributed by atoms with Crippen LogP contribution in [-0.2, 0) is 0 Å². The second-order valence-electron chi connectivity index (χ2n) is 16.2. The molecule has 10 aromatic carbocycles. The molecule has 0 fully saturated rings. The molecule has 3 heterocycles. The lowest BCUT2D eigenvalue weighted by Crippen LogP contribution is -2.33. The van der Waals surface area contributed by atoms with E-state index >= 15 is 0 Å². The van der Waals surface area contributed by atoms with Gasteiger partial charge in [-0.15, -0.1) is 0 Å². The highest BCUT2D eigenvalue weighted by atomic mass is 16.3. The first kappa shape index (κ1) is 34.6. The van der Waals surface area contributed by atoms with Gasteiger partial charge in [-0.25, -0.2) is 9.98 Å². The smallest absolute Gasteiger partial charge is 0.160 e. The fraction of sp³-hybridized carbons (Fsp3) is 0.0175. The molecule has 1 unspecified atom stereocenters. The lowest BCUT2D eigenvalue weighted by molar-refractivity contribution is 0.665. The topological polar surface area (TPSA) is 54.8 Å². The number of fused-ring (bicyclic) bond motifs is 10. The summed E-state index contributed by atoms with van der Waals surface area (Å²) in [5.74, 6) is 1.41. The number of aliphatic imine (C=N–C) groups is 2. The highest BCUT2D eigenvalue weighted by Crippen LogP contribution is 2.41. The number of nitrogens with zero attached hydrogens (tertiary/aromatic N) is 3. The highest BCUT2D eigenvalue weighted by molar-refractivity contribution is 6.24. The number of furan rings is 1. The van der Waals surface area contributed by atoms with Crippen LogP contribution in [0.1, 0.15) is 22.9 Å². The number of nitrogens with one attached hydrogen (secondary N) is 1. The number of hydrogen-bond acceptors (Lipinski definition) is 4. The standard InChI is InChI=1S/C57H36N4O/c1-2-12-35(13-3-1)36-22-25-38(26-23-36)55-58-56(42-28-29-44-41(32-42)27-24-37-14-6-7-17-43(37)44)60-57(59-55)47-30-31-50(54-53(47)46-19-9-11-21-52(46)62-54)61-49-20-10-8-18-45(49)48-33-39-15-4-5-16-40(39)34-51(48)61/h1-34,56H,(H,58,59,60). The molecular formula is C57H36N4O. The third-order valence-electron chi connectivity index (χ3n) is 12.6. The lowest BCUT2D eigenvalue weighted by atomic mass is 9.98. The van der Waals surface area contributed by atoms with E-state index in [-0.39, 0.29) is 0 Å². The molecule has 13 rings (SSSR count). The number of amidine groups is 2. The Morgan fingerprint density at radius 1 is 0.452 bits per heavy atom. The summed E-state index contributed by atoms with van der Waals surface area (Å²) in [7, 11) is 0. The number of benzene rings is 10. The van der Waals surface area contributed by atoms with Gasteiger partial charge in [0.05, 0.1) is 16.7 Å². The molecule has 0 radical (unpaired) electrons. The van der Waals surface area contributed by atoms with E-state index in [0.717, 1.165) is 66.7 Å². The zero-order chi connectivity index (χ0) is 40.7. The Hall–Kier alpha value is -8.28. The van der Waals surface area contributed by atoms with Crippen LogP contribution in [0, 0.1) is 0 Å². The van der Waals surface area contributed by atoms with Crippen molar-refractivity contribution >= 4 is 87.7 Å². The zero-order valence-corrected chi connectivity index (χ0v) is 33.5. The fourth-order valence-corrected chi connectivity index (χ4v) is 9.63. The SMILES string of the molecule is c1ccc(-c2ccc(C3=NC(c4ccc5c(ccc6ccccc65)c4)NC(c4ccc(-n5c6ccccc6c6cc7ccccc7cc65)c5oc6ccccc6c45)=N3)cc2)cc1. The number of aromatic nitrogens is 1. The van der Waals surface area contributed by atoms with E-state index < -0.39 is 6.17 Å². The third-order valence-corrected chi connectivity index (χ3v) is 12.6. The van der Waals surface area contributed by atoms with Crippen molar-refractivity contribution in [2.45, 2.75) is 6.17 Å². The van der Waals surface area contributed by atoms with Gasteiger partial charge in [0.15, 0.2) is 11.4 Å². The van der Waals surface area contributed by atoms with Crippen molar-refractivity contribution < 1.29 is 4.42 Å². The Morgan fingerprint density at radius 2 is 1.11 bits per heavy atom. The summed E-state index contributed by atoms with van der Waals surface area (Å²) >= 11 is 0. The van der Waals surface area contributed by atoms with Crippen LogP contribution in [0.4, 0.5) is 0 Å². The summed E-state index contributed by atoms with van der Waals surface area (Å²) in [6.45, 7) is 0. The maximum atomic E-state index is 6.95. The minimum absolute atomic E-state index is 0.402. The van der Waals surface area contributed by atoms with Gasteiger partial charge in [-0.1, -0.05) is 164 Å². The molecular weight excluding hydrogens is 757 g/mol. The average Bonchev–Trinajstić information content (AvgIpc) is 3.89. The highest BCUT2D eigenvalue weighted by Gasteiger charge is 2.27. The van der Waals surface area contributed by atoms with Crippen molar-refractivity contribution in [2.24, 2.45) is 9.98 Å². The van der Waals surface area contributed by atoms with Crippen LogP contribution in [0.3, 0.4) is 0 Å². The number of hydrogen-bond donors (Lipinski definition) is 1. The Balaban J connectivity index is 1.02. The molecule has 1 N–H and O–H groups in total. The maximum Gasteiger partial charge on any atom is 0.160 e. The van der Waals surface area contributed by atoms with Crippen LogP contribution >= 0.6 is 0 Å². The van der Waals surface area contributed by atoms with Crippen LogP contribution < -0.4 is 5.32 Å². The first-order valence-corrected chi connectivity index (χ1v) is 21.1. The van der Waals surface area contributed by atoms with Gasteiger partial charge in [-0.2, -0.15) is 0 Å². The van der Waals surface area contributed by atoms with Crippen molar-refractivity contribution in [1.29, 1.82) is 0 Å². The van der Waals surface area contributed by atoms with Crippen molar-refractivity contribution in [1.82, 2.24) is 9.88 Å². The second-order valence-corrected chi connectivity index (χ2v) is 16.2. The van der Waals surface area contributed by atoms with Crippen molar-refractivity contribution in [3.63, 3.8) is 0 Å². The lowest BCUT2D eigenvalue weighted by Gasteiger charge is -2.25. The molecule has 12 aromatic rings. The summed E-state index contributed by atoms with van der Waals surface area (Å²) in [6, 6.07) is 73.3. The minimum Gasteiger partial charge on any atom is -0.454 e. The second kappa shape index (κ2) is 13.6. The summed E-state index contributed by atoms with van der Waals surface area (Å²) in [5.41, 5.74) is 10.1. The quantitative estimate of drug-likeness (QED) is 0.177. The fourth-order valence-electron chi connectivity index (χ4n) is 9.63. The van der Waals surface area contributed by atoms with Crippen LogP contribution in [-0.4, -0.2) is 16.2 Å². The van der Waals surface area contributed by atoms with Crippen molar-refractivity contribution in [3.8, 4) is 16.8 Å². The molecule has 1 aliphatic heterocycles. The predicted molar refractivity (Wildman–Crippen MR) is 258 cm³/mol. The Morgan fingerprint density at radius 3 is 1.97 bits per heavy atom. The van der Waals surface area contributed by atoms with E-state index in [1.807, 2.05) is 12.1 Å². The van der Waals surface area contributed by atoms with E-state index in [4.69, 9.17) is 14.4 Å². The molecule has 0 bridgehead atoms. The van der Waals surface area contributed by atoms with Crippen LogP contribution in [0.25, 0.3) is 92.9 Å².